The van der Waals surface area contributed by atoms with Crippen LogP contribution in [-0.2, 0) is 4.74 Å². The highest BCUT2D eigenvalue weighted by molar-refractivity contribution is 4.78. The maximum atomic E-state index is 5.44. The van der Waals surface area contributed by atoms with Crippen molar-refractivity contribution < 1.29 is 4.74 Å². The molecule has 96 valence electrons. The van der Waals surface area contributed by atoms with Crippen molar-refractivity contribution in [2.75, 3.05) is 19.8 Å². The number of nitrogens with one attached hydrogen (secondary N) is 1. The molecule has 2 heteroatoms. The van der Waals surface area contributed by atoms with Crippen LogP contribution in [0.2, 0.25) is 0 Å². The van der Waals surface area contributed by atoms with Crippen LogP contribution in [0.4, 0.5) is 0 Å². The van der Waals surface area contributed by atoms with Crippen LogP contribution >= 0.6 is 0 Å². The summed E-state index contributed by atoms with van der Waals surface area (Å²) in [7, 11) is 0. The van der Waals surface area contributed by atoms with Gasteiger partial charge in [0.15, 0.2) is 0 Å². The van der Waals surface area contributed by atoms with Gasteiger partial charge in [-0.25, -0.2) is 0 Å². The van der Waals surface area contributed by atoms with Gasteiger partial charge in [0, 0.05) is 12.6 Å². The Labute approximate surface area is 101 Å². The first-order valence-corrected chi connectivity index (χ1v) is 6.83. The minimum Gasteiger partial charge on any atom is -0.381 e. The molecule has 0 aliphatic carbocycles. The van der Waals surface area contributed by atoms with Gasteiger partial charge >= 0.3 is 0 Å². The molecule has 0 bridgehead atoms. The lowest BCUT2D eigenvalue weighted by molar-refractivity contribution is 0.175. The van der Waals surface area contributed by atoms with Crippen LogP contribution < -0.4 is 5.32 Å². The van der Waals surface area contributed by atoms with Crippen LogP contribution in [0.5, 0.6) is 0 Å². The average Bonchev–Trinajstić information content (AvgIpc) is 2.69. The molecule has 2 nitrogen and oxygen atoms in total. The van der Waals surface area contributed by atoms with E-state index in [1.54, 1.807) is 0 Å². The molecule has 0 radical (unpaired) electrons. The monoisotopic (exact) mass is 227 g/mol. The second-order valence-corrected chi connectivity index (χ2v) is 5.97. The quantitative estimate of drug-likeness (QED) is 0.753. The molecule has 2 atom stereocenters. The summed E-state index contributed by atoms with van der Waals surface area (Å²) in [5, 5.41) is 3.71. The topological polar surface area (TPSA) is 21.3 Å². The van der Waals surface area contributed by atoms with Crippen molar-refractivity contribution in [2.24, 2.45) is 23.7 Å². The van der Waals surface area contributed by atoms with Crippen molar-refractivity contribution in [2.45, 2.75) is 47.1 Å². The molecular weight excluding hydrogens is 198 g/mol. The fourth-order valence-electron chi connectivity index (χ4n) is 2.68. The van der Waals surface area contributed by atoms with Gasteiger partial charge in [0.05, 0.1) is 6.61 Å². The second-order valence-electron chi connectivity index (χ2n) is 5.97. The summed E-state index contributed by atoms with van der Waals surface area (Å²) in [5.74, 6) is 3.03. The first-order chi connectivity index (χ1) is 7.52. The average molecular weight is 227 g/mol. The second kappa shape index (κ2) is 6.61. The number of hydrogen-bond acceptors (Lipinski definition) is 2. The third-order valence-corrected chi connectivity index (χ3v) is 4.06. The van der Waals surface area contributed by atoms with Crippen LogP contribution in [0.15, 0.2) is 0 Å². The predicted molar refractivity (Wildman–Crippen MR) is 69.6 cm³/mol. The Morgan fingerprint density at radius 3 is 2.19 bits per heavy atom. The van der Waals surface area contributed by atoms with Gasteiger partial charge in [-0.15, -0.1) is 0 Å². The molecular formula is C14H29NO. The molecule has 1 heterocycles. The van der Waals surface area contributed by atoms with E-state index in [0.29, 0.717) is 6.04 Å². The Morgan fingerprint density at radius 2 is 1.75 bits per heavy atom. The standard InChI is InChI=1S/C14H29NO/c1-10(2)14(11(3)4)8-15-12(5)13-6-7-16-9-13/h10-15H,6-9H2,1-5H3. The lowest BCUT2D eigenvalue weighted by Gasteiger charge is -2.28. The summed E-state index contributed by atoms with van der Waals surface area (Å²) in [4.78, 5) is 0. The van der Waals surface area contributed by atoms with Gasteiger partial charge in [0.2, 0.25) is 0 Å². The summed E-state index contributed by atoms with van der Waals surface area (Å²) in [6, 6.07) is 0.600. The van der Waals surface area contributed by atoms with Crippen LogP contribution in [0.25, 0.3) is 0 Å². The summed E-state index contributed by atoms with van der Waals surface area (Å²) in [5.41, 5.74) is 0. The molecule has 1 aliphatic rings. The highest BCUT2D eigenvalue weighted by Crippen LogP contribution is 2.21. The first kappa shape index (κ1) is 14.0. The SMILES string of the molecule is CC(C)C(CNC(C)C1CCOC1)C(C)C. The number of ether oxygens (including phenoxy) is 1. The molecule has 0 aromatic carbocycles. The van der Waals surface area contributed by atoms with Gasteiger partial charge in [-0.05, 0) is 43.6 Å². The van der Waals surface area contributed by atoms with E-state index in [-0.39, 0.29) is 0 Å². The molecule has 2 unspecified atom stereocenters. The molecule has 0 amide bonds. The first-order valence-electron chi connectivity index (χ1n) is 6.83. The molecule has 1 rings (SSSR count). The number of hydrogen-bond donors (Lipinski definition) is 1. The molecule has 0 aromatic heterocycles. The molecule has 1 saturated heterocycles. The molecule has 0 saturated carbocycles. The Bertz CT molecular complexity index is 177. The largest absolute Gasteiger partial charge is 0.381 e. The van der Waals surface area contributed by atoms with E-state index in [2.05, 4.69) is 39.9 Å². The third kappa shape index (κ3) is 4.06. The van der Waals surface area contributed by atoms with E-state index in [1.165, 1.54) is 6.42 Å². The minimum atomic E-state index is 0.600. The van der Waals surface area contributed by atoms with Gasteiger partial charge in [-0.2, -0.15) is 0 Å². The Morgan fingerprint density at radius 1 is 1.12 bits per heavy atom. The zero-order valence-electron chi connectivity index (χ0n) is 11.6. The highest BCUT2D eigenvalue weighted by atomic mass is 16.5. The maximum Gasteiger partial charge on any atom is 0.0509 e. The van der Waals surface area contributed by atoms with Crippen molar-refractivity contribution in [1.29, 1.82) is 0 Å². The lowest BCUT2D eigenvalue weighted by Crippen LogP contribution is -2.39. The van der Waals surface area contributed by atoms with Crippen molar-refractivity contribution in [3.8, 4) is 0 Å². The van der Waals surface area contributed by atoms with Crippen molar-refractivity contribution in [3.05, 3.63) is 0 Å². The summed E-state index contributed by atoms with van der Waals surface area (Å²) in [6.45, 7) is 14.7. The summed E-state index contributed by atoms with van der Waals surface area (Å²) >= 11 is 0. The van der Waals surface area contributed by atoms with E-state index >= 15 is 0 Å². The predicted octanol–water partition coefficient (Wildman–Crippen LogP) is 2.93. The third-order valence-electron chi connectivity index (χ3n) is 4.06. The lowest BCUT2D eigenvalue weighted by atomic mass is 9.85. The van der Waals surface area contributed by atoms with Gasteiger partial charge in [0.1, 0.15) is 0 Å². The van der Waals surface area contributed by atoms with E-state index < -0.39 is 0 Å². The molecule has 0 aromatic rings. The van der Waals surface area contributed by atoms with E-state index in [9.17, 15) is 0 Å². The smallest absolute Gasteiger partial charge is 0.0509 e. The Hall–Kier alpha value is -0.0800. The van der Waals surface area contributed by atoms with Gasteiger partial charge in [0.25, 0.3) is 0 Å². The Kier molecular flexibility index (Phi) is 5.77. The summed E-state index contributed by atoms with van der Waals surface area (Å²) in [6.07, 6.45) is 1.22. The minimum absolute atomic E-state index is 0.600. The van der Waals surface area contributed by atoms with Gasteiger partial charge in [-0.1, -0.05) is 27.7 Å². The van der Waals surface area contributed by atoms with E-state index in [1.807, 2.05) is 0 Å². The summed E-state index contributed by atoms with van der Waals surface area (Å²) < 4.78 is 5.44. The van der Waals surface area contributed by atoms with Gasteiger partial charge < -0.3 is 10.1 Å². The van der Waals surface area contributed by atoms with Crippen molar-refractivity contribution in [1.82, 2.24) is 5.32 Å². The van der Waals surface area contributed by atoms with Crippen molar-refractivity contribution >= 4 is 0 Å². The molecule has 0 spiro atoms. The van der Waals surface area contributed by atoms with E-state index in [0.717, 1.165) is 43.4 Å². The highest BCUT2D eigenvalue weighted by Gasteiger charge is 2.24. The molecule has 16 heavy (non-hydrogen) atoms. The maximum absolute atomic E-state index is 5.44. The number of rotatable bonds is 6. The van der Waals surface area contributed by atoms with Crippen LogP contribution in [0.3, 0.4) is 0 Å². The van der Waals surface area contributed by atoms with E-state index in [4.69, 9.17) is 4.74 Å². The van der Waals surface area contributed by atoms with Crippen molar-refractivity contribution in [3.63, 3.8) is 0 Å². The molecule has 1 aliphatic heterocycles. The Balaban J connectivity index is 2.30. The molecule has 1 fully saturated rings. The fourth-order valence-corrected chi connectivity index (χ4v) is 2.68. The van der Waals surface area contributed by atoms with Crippen LogP contribution in [0.1, 0.15) is 41.0 Å². The van der Waals surface area contributed by atoms with Crippen LogP contribution in [0, 0.1) is 23.7 Å². The zero-order valence-corrected chi connectivity index (χ0v) is 11.6. The van der Waals surface area contributed by atoms with Crippen LogP contribution in [-0.4, -0.2) is 25.8 Å². The zero-order chi connectivity index (χ0) is 12.1. The fraction of sp³-hybridized carbons (Fsp3) is 1.00. The van der Waals surface area contributed by atoms with Gasteiger partial charge in [-0.3, -0.25) is 0 Å². The normalized spacial score (nSPS) is 23.6. The molecule has 1 N–H and O–H groups in total.